The summed E-state index contributed by atoms with van der Waals surface area (Å²) in [5, 5.41) is 6.77. The second kappa shape index (κ2) is 5.59. The number of nitrogens with zero attached hydrogens (tertiary/aromatic N) is 3. The number of aromatic nitrogens is 3. The van der Waals surface area contributed by atoms with Crippen molar-refractivity contribution < 1.29 is 8.78 Å². The zero-order valence-corrected chi connectivity index (χ0v) is 11.8. The molecule has 0 aliphatic rings. The molecule has 0 radical (unpaired) electrons. The summed E-state index contributed by atoms with van der Waals surface area (Å²) in [6, 6.07) is 0.814. The Labute approximate surface area is 117 Å². The summed E-state index contributed by atoms with van der Waals surface area (Å²) in [7, 11) is 0. The van der Waals surface area contributed by atoms with Crippen LogP contribution in [0.2, 0.25) is 0 Å². The first-order valence-corrected chi connectivity index (χ1v) is 6.50. The number of rotatable bonds is 4. The number of pyridine rings is 1. The molecule has 0 amide bonds. The predicted octanol–water partition coefficient (Wildman–Crippen LogP) is 2.97. The van der Waals surface area contributed by atoms with E-state index in [0.717, 1.165) is 16.1 Å². The minimum atomic E-state index is -0.742. The van der Waals surface area contributed by atoms with Gasteiger partial charge >= 0.3 is 0 Å². The van der Waals surface area contributed by atoms with Gasteiger partial charge in [-0.2, -0.15) is 5.10 Å². The highest BCUT2D eigenvalue weighted by atomic mass is 127. The van der Waals surface area contributed by atoms with E-state index in [2.05, 4.69) is 38.0 Å². The van der Waals surface area contributed by atoms with Gasteiger partial charge in [-0.25, -0.2) is 18.4 Å². The summed E-state index contributed by atoms with van der Waals surface area (Å²) in [5.74, 6) is -1.42. The van der Waals surface area contributed by atoms with Crippen molar-refractivity contribution in [2.75, 3.05) is 11.9 Å². The zero-order chi connectivity index (χ0) is 13.1. The van der Waals surface area contributed by atoms with Crippen molar-refractivity contribution in [1.29, 1.82) is 0 Å². The van der Waals surface area contributed by atoms with Crippen LogP contribution >= 0.6 is 22.6 Å². The molecule has 0 bridgehead atoms. The Morgan fingerprint density at radius 2 is 2.17 bits per heavy atom. The summed E-state index contributed by atoms with van der Waals surface area (Å²) >= 11 is 2.05. The van der Waals surface area contributed by atoms with E-state index in [1.165, 1.54) is 4.68 Å². The number of hydrogen-bond acceptors (Lipinski definition) is 3. The molecule has 0 aromatic carbocycles. The second-order valence-corrected chi connectivity index (χ2v) is 4.90. The van der Waals surface area contributed by atoms with Gasteiger partial charge < -0.3 is 5.32 Å². The molecule has 0 saturated heterocycles. The molecule has 0 fully saturated rings. The quantitative estimate of drug-likeness (QED) is 0.849. The van der Waals surface area contributed by atoms with Gasteiger partial charge in [0, 0.05) is 18.8 Å². The average Bonchev–Trinajstić information content (AvgIpc) is 2.74. The fourth-order valence-corrected chi connectivity index (χ4v) is 1.79. The summed E-state index contributed by atoms with van der Waals surface area (Å²) in [6.45, 7) is 2.52. The fraction of sp³-hybridized carbons (Fsp3) is 0.273. The van der Waals surface area contributed by atoms with Crippen LogP contribution in [0.3, 0.4) is 0 Å². The summed E-state index contributed by atoms with van der Waals surface area (Å²) in [6.07, 6.45) is 4.02. The molecule has 18 heavy (non-hydrogen) atoms. The van der Waals surface area contributed by atoms with Crippen LogP contribution in [0.25, 0.3) is 5.82 Å². The molecule has 0 aliphatic heterocycles. The van der Waals surface area contributed by atoms with E-state index in [9.17, 15) is 8.78 Å². The molecule has 0 aliphatic carbocycles. The maximum atomic E-state index is 13.7. The lowest BCUT2D eigenvalue weighted by molar-refractivity contribution is 0.562. The van der Waals surface area contributed by atoms with Crippen LogP contribution in [0, 0.1) is 15.2 Å². The molecule has 4 nitrogen and oxygen atoms in total. The summed E-state index contributed by atoms with van der Waals surface area (Å²) in [5.41, 5.74) is 0. The molecular formula is C11H11F2IN4. The Morgan fingerprint density at radius 1 is 1.39 bits per heavy atom. The van der Waals surface area contributed by atoms with Crippen molar-refractivity contribution in [2.45, 2.75) is 13.3 Å². The van der Waals surface area contributed by atoms with Crippen molar-refractivity contribution in [2.24, 2.45) is 0 Å². The van der Waals surface area contributed by atoms with Crippen LogP contribution in [0.15, 0.2) is 18.5 Å². The predicted molar refractivity (Wildman–Crippen MR) is 72.8 cm³/mol. The molecule has 96 valence electrons. The Balaban J connectivity index is 2.41. The third-order valence-electron chi connectivity index (χ3n) is 2.22. The van der Waals surface area contributed by atoms with Crippen molar-refractivity contribution in [3.63, 3.8) is 0 Å². The fourth-order valence-electron chi connectivity index (χ4n) is 1.40. The number of halogens is 3. The third kappa shape index (κ3) is 2.77. The normalized spacial score (nSPS) is 10.7. The number of nitrogens with one attached hydrogen (secondary N) is 1. The van der Waals surface area contributed by atoms with Crippen LogP contribution in [-0.2, 0) is 0 Å². The first kappa shape index (κ1) is 13.2. The molecule has 0 saturated carbocycles. The summed E-state index contributed by atoms with van der Waals surface area (Å²) in [4.78, 5) is 3.93. The Bertz CT molecular complexity index is 556. The number of hydrogen-bond donors (Lipinski definition) is 1. The van der Waals surface area contributed by atoms with E-state index in [4.69, 9.17) is 0 Å². The van der Waals surface area contributed by atoms with Crippen molar-refractivity contribution in [1.82, 2.24) is 14.8 Å². The zero-order valence-electron chi connectivity index (χ0n) is 9.62. The molecular weight excluding hydrogens is 353 g/mol. The first-order chi connectivity index (χ1) is 8.61. The van der Waals surface area contributed by atoms with Crippen LogP contribution in [-0.4, -0.2) is 21.3 Å². The van der Waals surface area contributed by atoms with Gasteiger partial charge in [0.05, 0.1) is 9.77 Å². The summed E-state index contributed by atoms with van der Waals surface area (Å²) < 4.78 is 29.3. The maximum Gasteiger partial charge on any atom is 0.191 e. The van der Waals surface area contributed by atoms with E-state index in [-0.39, 0.29) is 11.6 Å². The van der Waals surface area contributed by atoms with Gasteiger partial charge in [0.15, 0.2) is 23.3 Å². The van der Waals surface area contributed by atoms with E-state index < -0.39 is 11.6 Å². The van der Waals surface area contributed by atoms with E-state index in [0.29, 0.717) is 6.54 Å². The molecule has 0 spiro atoms. The molecule has 0 atom stereocenters. The molecule has 2 heterocycles. The van der Waals surface area contributed by atoms with Gasteiger partial charge in [-0.05, 0) is 29.0 Å². The van der Waals surface area contributed by atoms with E-state index >= 15 is 0 Å². The monoisotopic (exact) mass is 364 g/mol. The van der Waals surface area contributed by atoms with Crippen molar-refractivity contribution in [3.05, 3.63) is 33.7 Å². The first-order valence-electron chi connectivity index (χ1n) is 5.42. The molecule has 2 rings (SSSR count). The van der Waals surface area contributed by atoms with Crippen LogP contribution < -0.4 is 5.32 Å². The Morgan fingerprint density at radius 3 is 2.78 bits per heavy atom. The topological polar surface area (TPSA) is 42.7 Å². The average molecular weight is 364 g/mol. The highest BCUT2D eigenvalue weighted by Crippen LogP contribution is 2.18. The lowest BCUT2D eigenvalue weighted by Gasteiger charge is -2.08. The van der Waals surface area contributed by atoms with Gasteiger partial charge in [0.1, 0.15) is 0 Å². The molecule has 2 aromatic heterocycles. The minimum absolute atomic E-state index is 0.0158. The van der Waals surface area contributed by atoms with E-state index in [1.54, 1.807) is 12.4 Å². The lowest BCUT2D eigenvalue weighted by Crippen LogP contribution is -2.09. The molecule has 2 aromatic rings. The third-order valence-corrected chi connectivity index (χ3v) is 2.78. The van der Waals surface area contributed by atoms with Gasteiger partial charge in [0.25, 0.3) is 0 Å². The standard InChI is InChI=1S/C11H11F2IN4/c1-2-3-15-10-8(12)4-9(13)11(17-10)18-6-7(14)5-16-18/h4-6H,2-3H2,1H3,(H,15,17). The van der Waals surface area contributed by atoms with Gasteiger partial charge in [-0.3, -0.25) is 0 Å². The number of anilines is 1. The Hall–Kier alpha value is -1.25. The highest BCUT2D eigenvalue weighted by Gasteiger charge is 2.13. The minimum Gasteiger partial charge on any atom is -0.368 e. The second-order valence-electron chi connectivity index (χ2n) is 3.65. The van der Waals surface area contributed by atoms with Crippen molar-refractivity contribution >= 4 is 28.4 Å². The van der Waals surface area contributed by atoms with Gasteiger partial charge in [-0.15, -0.1) is 0 Å². The molecule has 1 N–H and O–H groups in total. The SMILES string of the molecule is CCCNc1nc(-n2cc(I)cn2)c(F)cc1F. The molecule has 7 heteroatoms. The van der Waals surface area contributed by atoms with Crippen molar-refractivity contribution in [3.8, 4) is 5.82 Å². The van der Waals surface area contributed by atoms with Gasteiger partial charge in [0.2, 0.25) is 0 Å². The van der Waals surface area contributed by atoms with Crippen LogP contribution in [0.1, 0.15) is 13.3 Å². The molecule has 0 unspecified atom stereocenters. The van der Waals surface area contributed by atoms with Crippen LogP contribution in [0.5, 0.6) is 0 Å². The largest absolute Gasteiger partial charge is 0.368 e. The van der Waals surface area contributed by atoms with Gasteiger partial charge in [-0.1, -0.05) is 6.92 Å². The smallest absolute Gasteiger partial charge is 0.191 e. The van der Waals surface area contributed by atoms with Crippen LogP contribution in [0.4, 0.5) is 14.6 Å². The maximum absolute atomic E-state index is 13.7. The Kier molecular flexibility index (Phi) is 4.10. The lowest BCUT2D eigenvalue weighted by atomic mass is 10.4. The highest BCUT2D eigenvalue weighted by molar-refractivity contribution is 14.1. The van der Waals surface area contributed by atoms with E-state index in [1.807, 2.05) is 6.92 Å².